The zero-order valence-corrected chi connectivity index (χ0v) is 18.5. The van der Waals surface area contributed by atoms with Crippen LogP contribution in [-0.2, 0) is 16.5 Å². The fraction of sp³-hybridized carbons (Fsp3) is 0.333. The van der Waals surface area contributed by atoms with Crippen molar-refractivity contribution in [2.24, 2.45) is 0 Å². The molecule has 1 N–H and O–H groups in total. The molecule has 0 aliphatic carbocycles. The first-order valence-electron chi connectivity index (χ1n) is 7.96. The Kier molecular flexibility index (Phi) is 9.65. The Morgan fingerprint density at radius 1 is 1.08 bits per heavy atom. The molecule has 7 heteroatoms. The normalized spacial score (nSPS) is 11.0. The Morgan fingerprint density at radius 2 is 1.80 bits per heavy atom. The van der Waals surface area contributed by atoms with Gasteiger partial charge in [-0.25, -0.2) is 0 Å². The summed E-state index contributed by atoms with van der Waals surface area (Å²) in [5, 5.41) is 11.9. The fourth-order valence-corrected chi connectivity index (χ4v) is 3.05. The van der Waals surface area contributed by atoms with Crippen molar-refractivity contribution in [2.45, 2.75) is 43.9 Å². The number of benzene rings is 2. The zero-order chi connectivity index (χ0) is 17.6. The molecule has 0 aliphatic rings. The Balaban J connectivity index is 0.00000312. The van der Waals surface area contributed by atoms with Gasteiger partial charge in [0.05, 0.1) is 0 Å². The summed E-state index contributed by atoms with van der Waals surface area (Å²) in [4.78, 5) is -0.305. The van der Waals surface area contributed by atoms with Crippen molar-refractivity contribution in [3.05, 3.63) is 48.0 Å². The molecule has 0 fully saturated rings. The van der Waals surface area contributed by atoms with Crippen LogP contribution in [0.15, 0.2) is 47.4 Å². The molecule has 0 saturated heterocycles. The van der Waals surface area contributed by atoms with Crippen LogP contribution in [0.25, 0.3) is 0 Å². The van der Waals surface area contributed by atoms with Crippen LogP contribution in [0.1, 0.15) is 38.2 Å². The van der Waals surface area contributed by atoms with E-state index < -0.39 is 10.1 Å². The van der Waals surface area contributed by atoms with E-state index in [0.717, 1.165) is 25.7 Å². The smallest absolute Gasteiger partial charge is 0.872 e. The summed E-state index contributed by atoms with van der Waals surface area (Å²) >= 11 is 0. The second-order valence-corrected chi connectivity index (χ2v) is 6.99. The van der Waals surface area contributed by atoms with Crippen LogP contribution in [0, 0.1) is 0 Å². The summed E-state index contributed by atoms with van der Waals surface area (Å²) in [6, 6.07) is 10.4. The van der Waals surface area contributed by atoms with Gasteiger partial charge in [0.25, 0.3) is 10.1 Å². The Labute approximate surface area is 191 Å². The molecule has 0 aliphatic heterocycles. The van der Waals surface area contributed by atoms with Gasteiger partial charge in [-0.05, 0) is 37.1 Å². The van der Waals surface area contributed by atoms with E-state index in [1.807, 2.05) is 0 Å². The van der Waals surface area contributed by atoms with Crippen LogP contribution < -0.4 is 61.2 Å². The third-order valence-electron chi connectivity index (χ3n) is 3.69. The first kappa shape index (κ1) is 22.6. The molecule has 0 spiro atoms. The molecule has 0 bridgehead atoms. The molecule has 0 unspecified atom stereocenters. The van der Waals surface area contributed by atoms with Crippen molar-refractivity contribution in [2.75, 3.05) is 0 Å². The van der Waals surface area contributed by atoms with E-state index in [1.54, 1.807) is 12.1 Å². The minimum Gasteiger partial charge on any atom is -0.872 e. The average molecular weight is 389 g/mol. The first-order chi connectivity index (χ1) is 11.4. The summed E-state index contributed by atoms with van der Waals surface area (Å²) in [6.45, 7) is 2.13. The molecule has 0 aromatic heterocycles. The van der Waals surface area contributed by atoms with Crippen LogP contribution in [0.4, 0.5) is 0 Å². The second-order valence-electron chi connectivity index (χ2n) is 5.60. The zero-order valence-electron chi connectivity index (χ0n) is 14.6. The third kappa shape index (κ3) is 7.01. The molecule has 0 heterocycles. The van der Waals surface area contributed by atoms with Gasteiger partial charge in [0.2, 0.25) is 0 Å². The molecule has 5 nitrogen and oxygen atoms in total. The number of ether oxygens (including phenoxy) is 1. The summed E-state index contributed by atoms with van der Waals surface area (Å²) in [6.07, 6.45) is 4.91. The molecule has 0 atom stereocenters. The summed E-state index contributed by atoms with van der Waals surface area (Å²) in [5.41, 5.74) is 0.646. The average Bonchev–Trinajstić information content (AvgIpc) is 2.54. The van der Waals surface area contributed by atoms with Crippen molar-refractivity contribution in [1.29, 1.82) is 0 Å². The van der Waals surface area contributed by atoms with E-state index in [-0.39, 0.29) is 67.8 Å². The summed E-state index contributed by atoms with van der Waals surface area (Å²) in [7, 11) is -4.38. The van der Waals surface area contributed by atoms with Crippen molar-refractivity contribution >= 4 is 10.1 Å². The Morgan fingerprint density at radius 3 is 2.48 bits per heavy atom. The molecule has 2 aromatic rings. The Bertz CT molecular complexity index is 790. The molecule has 0 radical (unpaired) electrons. The van der Waals surface area contributed by atoms with Crippen LogP contribution in [0.5, 0.6) is 17.2 Å². The maximum atomic E-state index is 11.9. The minimum atomic E-state index is -4.38. The van der Waals surface area contributed by atoms with Crippen LogP contribution in [0.3, 0.4) is 0 Å². The molecule has 2 rings (SSSR count). The first-order valence-corrected chi connectivity index (χ1v) is 9.40. The maximum absolute atomic E-state index is 11.9. The van der Waals surface area contributed by atoms with Gasteiger partial charge in [-0.2, -0.15) is 8.42 Å². The minimum absolute atomic E-state index is 0. The van der Waals surface area contributed by atoms with Gasteiger partial charge in [0.1, 0.15) is 16.4 Å². The molecular weight excluding hydrogens is 367 g/mol. The predicted molar refractivity (Wildman–Crippen MR) is 90.1 cm³/mol. The summed E-state index contributed by atoms with van der Waals surface area (Å²) in [5.74, 6) is 0.341. The second kappa shape index (κ2) is 10.7. The third-order valence-corrected chi connectivity index (χ3v) is 4.58. The Hall–Kier alpha value is -0.414. The molecule has 130 valence electrons. The fourth-order valence-electron chi connectivity index (χ4n) is 2.43. The standard InChI is InChI=1S/C18H22O5S.K/c1-2-3-4-5-8-14-13-15(11-12-16(14)19)23-17-9-6-7-10-18(17)24(20,21)22;/h6-7,9-13,19H,2-5,8H2,1H3,(H,20,21,22);/q;+1/p-1. The summed E-state index contributed by atoms with van der Waals surface area (Å²) < 4.78 is 37.6. The molecular formula is C18H21KO5S. The monoisotopic (exact) mass is 388 g/mol. The van der Waals surface area contributed by atoms with Gasteiger partial charge in [-0.1, -0.05) is 49.9 Å². The molecule has 2 aromatic carbocycles. The van der Waals surface area contributed by atoms with Crippen LogP contribution in [0.2, 0.25) is 0 Å². The van der Waals surface area contributed by atoms with Crippen LogP contribution in [-0.4, -0.2) is 13.0 Å². The predicted octanol–water partition coefficient (Wildman–Crippen LogP) is 0.926. The van der Waals surface area contributed by atoms with E-state index in [2.05, 4.69) is 6.92 Å². The van der Waals surface area contributed by atoms with Crippen molar-refractivity contribution < 1.29 is 74.2 Å². The largest absolute Gasteiger partial charge is 1.00 e. The van der Waals surface area contributed by atoms with Crippen molar-refractivity contribution in [3.63, 3.8) is 0 Å². The number of para-hydroxylation sites is 1. The van der Waals surface area contributed by atoms with Gasteiger partial charge in [-0.15, -0.1) is 5.75 Å². The van der Waals surface area contributed by atoms with E-state index >= 15 is 0 Å². The van der Waals surface area contributed by atoms with E-state index in [1.165, 1.54) is 30.3 Å². The van der Waals surface area contributed by atoms with E-state index in [4.69, 9.17) is 4.74 Å². The molecule has 25 heavy (non-hydrogen) atoms. The quantitative estimate of drug-likeness (QED) is 0.413. The SMILES string of the molecule is CCCCCCc1cc(Oc2ccccc2S(=O)(=O)O)ccc1[O-].[K+]. The van der Waals surface area contributed by atoms with E-state index in [9.17, 15) is 18.1 Å². The topological polar surface area (TPSA) is 86.7 Å². The van der Waals surface area contributed by atoms with Gasteiger partial charge in [0, 0.05) is 0 Å². The van der Waals surface area contributed by atoms with Gasteiger partial charge >= 0.3 is 51.4 Å². The number of hydrogen-bond donors (Lipinski definition) is 1. The number of unbranched alkanes of at least 4 members (excludes halogenated alkanes) is 3. The van der Waals surface area contributed by atoms with E-state index in [0.29, 0.717) is 17.7 Å². The maximum Gasteiger partial charge on any atom is 1.00 e. The molecule has 0 saturated carbocycles. The van der Waals surface area contributed by atoms with Gasteiger partial charge in [0.15, 0.2) is 0 Å². The van der Waals surface area contributed by atoms with Crippen molar-refractivity contribution in [1.82, 2.24) is 0 Å². The number of hydrogen-bond acceptors (Lipinski definition) is 4. The number of aryl methyl sites for hydroxylation is 1. The number of rotatable bonds is 8. The van der Waals surface area contributed by atoms with Crippen LogP contribution >= 0.6 is 0 Å². The molecule has 0 amide bonds. The van der Waals surface area contributed by atoms with Gasteiger partial charge < -0.3 is 9.84 Å². The van der Waals surface area contributed by atoms with Crippen molar-refractivity contribution in [3.8, 4) is 17.2 Å². The van der Waals surface area contributed by atoms with Gasteiger partial charge in [-0.3, -0.25) is 4.55 Å².